The van der Waals surface area contributed by atoms with Crippen LogP contribution in [0, 0.1) is 13.8 Å². The third kappa shape index (κ3) is 1.58. The van der Waals surface area contributed by atoms with Crippen molar-refractivity contribution in [3.05, 3.63) is 35.8 Å². The number of hydrogen-bond donors (Lipinski definition) is 1. The van der Waals surface area contributed by atoms with Gasteiger partial charge in [0.25, 0.3) is 5.95 Å². The van der Waals surface area contributed by atoms with E-state index in [-0.39, 0.29) is 0 Å². The molecule has 0 spiro atoms. The first-order chi connectivity index (χ1) is 8.65. The molecule has 3 rings (SSSR count). The van der Waals surface area contributed by atoms with Crippen LogP contribution < -0.4 is 5.73 Å². The quantitative estimate of drug-likeness (QED) is 0.650. The molecule has 0 aliphatic rings. The minimum atomic E-state index is 0.457. The number of aromatic nitrogens is 5. The molecule has 0 aliphatic carbocycles. The van der Waals surface area contributed by atoms with Crippen LogP contribution in [0.4, 0.5) is 5.69 Å². The second-order valence-corrected chi connectivity index (χ2v) is 4.16. The average molecular weight is 240 g/mol. The predicted molar refractivity (Wildman–Crippen MR) is 68.3 cm³/mol. The molecule has 2 aromatic heterocycles. The zero-order valence-corrected chi connectivity index (χ0v) is 10.1. The van der Waals surface area contributed by atoms with Crippen molar-refractivity contribution in [2.75, 3.05) is 5.73 Å². The molecular formula is C12H12N6. The van der Waals surface area contributed by atoms with Crippen molar-refractivity contribution in [1.82, 2.24) is 25.0 Å². The molecule has 18 heavy (non-hydrogen) atoms. The number of nitrogens with two attached hydrogens (primary N) is 1. The highest BCUT2D eigenvalue weighted by Crippen LogP contribution is 2.19. The van der Waals surface area contributed by atoms with Gasteiger partial charge in [0.1, 0.15) is 0 Å². The first-order valence-electron chi connectivity index (χ1n) is 5.57. The van der Waals surface area contributed by atoms with E-state index in [1.165, 1.54) is 0 Å². The fourth-order valence-electron chi connectivity index (χ4n) is 1.73. The molecule has 3 aromatic rings. The summed E-state index contributed by atoms with van der Waals surface area (Å²) in [5.74, 6) is 0.457. The number of hydrogen-bond acceptors (Lipinski definition) is 5. The first kappa shape index (κ1) is 10.6. The van der Waals surface area contributed by atoms with Gasteiger partial charge in [-0.15, -0.1) is 5.10 Å². The van der Waals surface area contributed by atoms with Crippen LogP contribution in [0.15, 0.2) is 24.4 Å². The van der Waals surface area contributed by atoms with Crippen molar-refractivity contribution in [3.63, 3.8) is 0 Å². The van der Waals surface area contributed by atoms with Crippen LogP contribution in [0.2, 0.25) is 0 Å². The molecular weight excluding hydrogens is 228 g/mol. The third-order valence-corrected chi connectivity index (χ3v) is 2.87. The Bertz CT molecular complexity index is 731. The number of benzene rings is 1. The molecule has 0 amide bonds. The van der Waals surface area contributed by atoms with Crippen molar-refractivity contribution in [3.8, 4) is 5.95 Å². The summed E-state index contributed by atoms with van der Waals surface area (Å²) in [5, 5.41) is 13.4. The third-order valence-electron chi connectivity index (χ3n) is 2.87. The van der Waals surface area contributed by atoms with Crippen molar-refractivity contribution >= 4 is 16.6 Å². The van der Waals surface area contributed by atoms with E-state index in [1.807, 2.05) is 32.0 Å². The molecule has 0 atom stereocenters. The number of nitrogen functional groups attached to an aromatic ring is 1. The minimum Gasteiger partial charge on any atom is -0.399 e. The lowest BCUT2D eigenvalue weighted by Gasteiger charge is -2.03. The molecule has 2 heterocycles. The van der Waals surface area contributed by atoms with Gasteiger partial charge < -0.3 is 5.73 Å². The van der Waals surface area contributed by atoms with Crippen LogP contribution >= 0.6 is 0 Å². The van der Waals surface area contributed by atoms with E-state index in [0.29, 0.717) is 11.6 Å². The van der Waals surface area contributed by atoms with E-state index < -0.39 is 0 Å². The Morgan fingerprint density at radius 1 is 1.11 bits per heavy atom. The Balaban J connectivity index is 2.24. The average Bonchev–Trinajstić information content (AvgIpc) is 2.75. The summed E-state index contributed by atoms with van der Waals surface area (Å²) in [4.78, 5) is 4.38. The minimum absolute atomic E-state index is 0.457. The van der Waals surface area contributed by atoms with Crippen molar-refractivity contribution in [2.24, 2.45) is 0 Å². The van der Waals surface area contributed by atoms with Gasteiger partial charge in [-0.2, -0.15) is 14.9 Å². The topological polar surface area (TPSA) is 82.5 Å². The van der Waals surface area contributed by atoms with Gasteiger partial charge >= 0.3 is 0 Å². The lowest BCUT2D eigenvalue weighted by molar-refractivity contribution is 0.768. The summed E-state index contributed by atoms with van der Waals surface area (Å²) in [7, 11) is 0. The van der Waals surface area contributed by atoms with Crippen LogP contribution in [-0.4, -0.2) is 25.0 Å². The summed E-state index contributed by atoms with van der Waals surface area (Å²) < 4.78 is 1.64. The molecule has 0 radical (unpaired) electrons. The Morgan fingerprint density at radius 3 is 2.72 bits per heavy atom. The van der Waals surface area contributed by atoms with E-state index >= 15 is 0 Å². The highest BCUT2D eigenvalue weighted by Gasteiger charge is 2.09. The van der Waals surface area contributed by atoms with Gasteiger partial charge in [-0.3, -0.25) is 0 Å². The fraction of sp³-hybridized carbons (Fsp3) is 0.167. The zero-order chi connectivity index (χ0) is 12.7. The van der Waals surface area contributed by atoms with Gasteiger partial charge in [0, 0.05) is 11.1 Å². The molecule has 0 unspecified atom stereocenters. The number of anilines is 1. The smallest absolute Gasteiger partial charge is 0.270 e. The van der Waals surface area contributed by atoms with Gasteiger partial charge in [0.2, 0.25) is 0 Å². The van der Waals surface area contributed by atoms with Crippen LogP contribution in [0.25, 0.3) is 16.9 Å². The highest BCUT2D eigenvalue weighted by atomic mass is 15.4. The van der Waals surface area contributed by atoms with E-state index in [1.54, 1.807) is 10.9 Å². The molecule has 6 heteroatoms. The van der Waals surface area contributed by atoms with Crippen LogP contribution in [0.5, 0.6) is 0 Å². The second kappa shape index (κ2) is 3.76. The molecule has 0 fully saturated rings. The SMILES string of the molecule is Cc1nnc(-n2ncc3ccc(N)cc32)nc1C. The zero-order valence-electron chi connectivity index (χ0n) is 10.1. The maximum Gasteiger partial charge on any atom is 0.270 e. The Hall–Kier alpha value is -2.50. The Kier molecular flexibility index (Phi) is 2.22. The summed E-state index contributed by atoms with van der Waals surface area (Å²) in [6.07, 6.45) is 1.76. The normalized spacial score (nSPS) is 11.0. The summed E-state index contributed by atoms with van der Waals surface area (Å²) in [5.41, 5.74) is 9.00. The number of rotatable bonds is 1. The number of nitrogens with zero attached hydrogens (tertiary/aromatic N) is 5. The van der Waals surface area contributed by atoms with Crippen molar-refractivity contribution in [1.29, 1.82) is 0 Å². The molecule has 1 aromatic carbocycles. The second-order valence-electron chi connectivity index (χ2n) is 4.16. The largest absolute Gasteiger partial charge is 0.399 e. The van der Waals surface area contributed by atoms with E-state index in [2.05, 4.69) is 20.3 Å². The van der Waals surface area contributed by atoms with Gasteiger partial charge in [0.05, 0.1) is 23.1 Å². The molecule has 90 valence electrons. The maximum atomic E-state index is 5.79. The lowest BCUT2D eigenvalue weighted by Crippen LogP contribution is -2.07. The summed E-state index contributed by atoms with van der Waals surface area (Å²) >= 11 is 0. The number of aryl methyl sites for hydroxylation is 2. The molecule has 0 aliphatic heterocycles. The molecule has 6 nitrogen and oxygen atoms in total. The van der Waals surface area contributed by atoms with E-state index in [0.717, 1.165) is 22.3 Å². The molecule has 2 N–H and O–H groups in total. The first-order valence-corrected chi connectivity index (χ1v) is 5.57. The van der Waals surface area contributed by atoms with E-state index in [9.17, 15) is 0 Å². The maximum absolute atomic E-state index is 5.79. The Labute approximate surface area is 103 Å². The fourth-order valence-corrected chi connectivity index (χ4v) is 1.73. The Morgan fingerprint density at radius 2 is 1.94 bits per heavy atom. The standard InChI is InChI=1S/C12H12N6/c1-7-8(2)16-17-12(15-7)18-11-5-10(13)4-3-9(11)6-14-18/h3-6H,13H2,1-2H3. The van der Waals surface area contributed by atoms with Crippen LogP contribution in [0.1, 0.15) is 11.4 Å². The van der Waals surface area contributed by atoms with Crippen molar-refractivity contribution < 1.29 is 0 Å². The van der Waals surface area contributed by atoms with Gasteiger partial charge in [-0.25, -0.2) is 4.98 Å². The molecule has 0 bridgehead atoms. The van der Waals surface area contributed by atoms with Crippen LogP contribution in [0.3, 0.4) is 0 Å². The van der Waals surface area contributed by atoms with E-state index in [4.69, 9.17) is 5.73 Å². The van der Waals surface area contributed by atoms with Gasteiger partial charge in [-0.05, 0) is 32.0 Å². The highest BCUT2D eigenvalue weighted by molar-refractivity contribution is 5.82. The molecule has 0 saturated carbocycles. The van der Waals surface area contributed by atoms with Gasteiger partial charge in [0.15, 0.2) is 0 Å². The van der Waals surface area contributed by atoms with Crippen molar-refractivity contribution in [2.45, 2.75) is 13.8 Å². The number of fused-ring (bicyclic) bond motifs is 1. The monoisotopic (exact) mass is 240 g/mol. The summed E-state index contributed by atoms with van der Waals surface area (Å²) in [6.45, 7) is 3.77. The van der Waals surface area contributed by atoms with Crippen LogP contribution in [-0.2, 0) is 0 Å². The summed E-state index contributed by atoms with van der Waals surface area (Å²) in [6, 6.07) is 5.61. The lowest BCUT2D eigenvalue weighted by atomic mass is 10.2. The van der Waals surface area contributed by atoms with Gasteiger partial charge in [-0.1, -0.05) is 0 Å². The molecule has 0 saturated heterocycles. The predicted octanol–water partition coefficient (Wildman–Crippen LogP) is 1.41.